The van der Waals surface area contributed by atoms with E-state index in [9.17, 15) is 13.2 Å². The van der Waals surface area contributed by atoms with Gasteiger partial charge in [0.1, 0.15) is 6.33 Å². The molecule has 1 fully saturated rings. The van der Waals surface area contributed by atoms with E-state index in [4.69, 9.17) is 4.74 Å². The quantitative estimate of drug-likeness (QED) is 0.811. The minimum Gasteiger partial charge on any atom is -0.491 e. The van der Waals surface area contributed by atoms with Gasteiger partial charge in [-0.15, -0.1) is 0 Å². The number of hydrogen-bond acceptors (Lipinski definition) is 6. The summed E-state index contributed by atoms with van der Waals surface area (Å²) in [7, 11) is -2.09. The van der Waals surface area contributed by atoms with Crippen molar-refractivity contribution < 1.29 is 17.9 Å². The number of carbonyl (C=O) groups is 1. The first-order chi connectivity index (χ1) is 11.5. The zero-order chi connectivity index (χ0) is 17.2. The second kappa shape index (κ2) is 6.54. The molecule has 0 radical (unpaired) electrons. The molecule has 1 aromatic heterocycles. The Bertz CT molecular complexity index is 848. The van der Waals surface area contributed by atoms with Crippen molar-refractivity contribution in [2.24, 2.45) is 0 Å². The van der Waals surface area contributed by atoms with Crippen molar-refractivity contribution in [2.45, 2.75) is 23.8 Å². The van der Waals surface area contributed by atoms with E-state index in [0.717, 1.165) is 12.8 Å². The van der Waals surface area contributed by atoms with Crippen LogP contribution in [-0.2, 0) is 10.0 Å². The minimum atomic E-state index is -3.53. The SMILES string of the molecule is COc1cncnc1NC(=O)c1ccc(S(=O)(=O)NC2CC2)cc1. The van der Waals surface area contributed by atoms with Crippen LogP contribution in [0.3, 0.4) is 0 Å². The summed E-state index contributed by atoms with van der Waals surface area (Å²) in [6.07, 6.45) is 4.44. The number of rotatable bonds is 6. The minimum absolute atomic E-state index is 0.0307. The number of sulfonamides is 1. The molecule has 0 saturated heterocycles. The van der Waals surface area contributed by atoms with E-state index in [1.54, 1.807) is 0 Å². The number of nitrogens with one attached hydrogen (secondary N) is 2. The number of anilines is 1. The highest BCUT2D eigenvalue weighted by molar-refractivity contribution is 7.89. The van der Waals surface area contributed by atoms with Crippen molar-refractivity contribution in [3.63, 3.8) is 0 Å². The molecule has 2 aromatic rings. The molecular weight excluding hydrogens is 332 g/mol. The van der Waals surface area contributed by atoms with Gasteiger partial charge in [0.25, 0.3) is 5.91 Å². The molecule has 9 heteroatoms. The van der Waals surface area contributed by atoms with Crippen LogP contribution < -0.4 is 14.8 Å². The third-order valence-electron chi connectivity index (χ3n) is 3.46. The summed E-state index contributed by atoms with van der Waals surface area (Å²) in [4.78, 5) is 20.1. The van der Waals surface area contributed by atoms with Crippen LogP contribution in [0.25, 0.3) is 0 Å². The van der Waals surface area contributed by atoms with Gasteiger partial charge in [0.15, 0.2) is 11.6 Å². The lowest BCUT2D eigenvalue weighted by Gasteiger charge is -2.09. The summed E-state index contributed by atoms with van der Waals surface area (Å²) < 4.78 is 31.8. The van der Waals surface area contributed by atoms with Gasteiger partial charge in [-0.25, -0.2) is 23.1 Å². The standard InChI is InChI=1S/C15H16N4O4S/c1-23-13-8-16-9-17-14(13)18-15(20)10-2-6-12(7-3-10)24(21,22)19-11-4-5-11/h2-3,6-9,11,19H,4-5H2,1H3,(H,16,17,18,20). The summed E-state index contributed by atoms with van der Waals surface area (Å²) in [5.74, 6) is 0.148. The number of amides is 1. The topological polar surface area (TPSA) is 110 Å². The van der Waals surface area contributed by atoms with E-state index < -0.39 is 15.9 Å². The molecule has 2 N–H and O–H groups in total. The number of methoxy groups -OCH3 is 1. The summed E-state index contributed by atoms with van der Waals surface area (Å²) >= 11 is 0. The molecule has 1 aliphatic rings. The molecule has 0 aliphatic heterocycles. The normalized spacial score (nSPS) is 14.2. The molecule has 1 amide bonds. The highest BCUT2D eigenvalue weighted by Gasteiger charge is 2.28. The van der Waals surface area contributed by atoms with Gasteiger partial charge in [0.2, 0.25) is 10.0 Å². The van der Waals surface area contributed by atoms with Crippen LogP contribution in [0.2, 0.25) is 0 Å². The van der Waals surface area contributed by atoms with Crippen LogP contribution in [0.15, 0.2) is 41.7 Å². The molecule has 0 atom stereocenters. The van der Waals surface area contributed by atoms with Crippen LogP contribution in [0.5, 0.6) is 5.75 Å². The first kappa shape index (κ1) is 16.3. The lowest BCUT2D eigenvalue weighted by Crippen LogP contribution is -2.25. The average molecular weight is 348 g/mol. The van der Waals surface area contributed by atoms with Crippen molar-refractivity contribution in [3.8, 4) is 5.75 Å². The number of aromatic nitrogens is 2. The number of benzene rings is 1. The van der Waals surface area contributed by atoms with Crippen molar-refractivity contribution in [2.75, 3.05) is 12.4 Å². The smallest absolute Gasteiger partial charge is 0.256 e. The first-order valence-corrected chi connectivity index (χ1v) is 8.75. The molecule has 126 valence electrons. The van der Waals surface area contributed by atoms with Gasteiger partial charge < -0.3 is 10.1 Å². The summed E-state index contributed by atoms with van der Waals surface area (Å²) in [6, 6.07) is 5.73. The Labute approximate surface area is 139 Å². The van der Waals surface area contributed by atoms with Crippen molar-refractivity contribution in [3.05, 3.63) is 42.4 Å². The van der Waals surface area contributed by atoms with E-state index in [2.05, 4.69) is 20.0 Å². The van der Waals surface area contributed by atoms with E-state index in [0.29, 0.717) is 11.3 Å². The monoisotopic (exact) mass is 348 g/mol. The van der Waals surface area contributed by atoms with Crippen LogP contribution in [0.1, 0.15) is 23.2 Å². The zero-order valence-electron chi connectivity index (χ0n) is 12.9. The number of carbonyl (C=O) groups excluding carboxylic acids is 1. The molecule has 1 heterocycles. The Hall–Kier alpha value is -2.52. The Morgan fingerprint density at radius 2 is 1.96 bits per heavy atom. The van der Waals surface area contributed by atoms with Crippen LogP contribution in [-0.4, -0.2) is 37.4 Å². The summed E-state index contributed by atoms with van der Waals surface area (Å²) in [5.41, 5.74) is 0.307. The molecule has 0 unspecified atom stereocenters. The summed E-state index contributed by atoms with van der Waals surface area (Å²) in [6.45, 7) is 0. The van der Waals surface area contributed by atoms with E-state index >= 15 is 0 Å². The van der Waals surface area contributed by atoms with Crippen LogP contribution in [0, 0.1) is 0 Å². The Morgan fingerprint density at radius 1 is 1.25 bits per heavy atom. The highest BCUT2D eigenvalue weighted by atomic mass is 32.2. The molecular formula is C15H16N4O4S. The van der Waals surface area contributed by atoms with E-state index in [-0.39, 0.29) is 16.8 Å². The van der Waals surface area contributed by atoms with E-state index in [1.165, 1.54) is 43.9 Å². The fourth-order valence-electron chi connectivity index (χ4n) is 2.01. The second-order valence-electron chi connectivity index (χ2n) is 5.31. The Balaban J connectivity index is 1.74. The fraction of sp³-hybridized carbons (Fsp3) is 0.267. The highest BCUT2D eigenvalue weighted by Crippen LogP contribution is 2.23. The summed E-state index contributed by atoms with van der Waals surface area (Å²) in [5, 5.41) is 2.60. The zero-order valence-corrected chi connectivity index (χ0v) is 13.7. The van der Waals surface area contributed by atoms with Gasteiger partial charge in [0.05, 0.1) is 18.2 Å². The van der Waals surface area contributed by atoms with Gasteiger partial charge in [0, 0.05) is 11.6 Å². The van der Waals surface area contributed by atoms with Crippen LogP contribution in [0.4, 0.5) is 5.82 Å². The number of hydrogen-bond donors (Lipinski definition) is 2. The Morgan fingerprint density at radius 3 is 2.58 bits per heavy atom. The predicted octanol–water partition coefficient (Wildman–Crippen LogP) is 1.18. The van der Waals surface area contributed by atoms with Gasteiger partial charge in [-0.1, -0.05) is 0 Å². The van der Waals surface area contributed by atoms with Crippen molar-refractivity contribution >= 4 is 21.7 Å². The number of ether oxygens (including phenoxy) is 1. The first-order valence-electron chi connectivity index (χ1n) is 7.27. The van der Waals surface area contributed by atoms with Gasteiger partial charge in [-0.3, -0.25) is 4.79 Å². The average Bonchev–Trinajstić information content (AvgIpc) is 3.38. The lowest BCUT2D eigenvalue weighted by molar-refractivity contribution is 0.102. The molecule has 1 aromatic carbocycles. The Kier molecular flexibility index (Phi) is 4.45. The van der Waals surface area contributed by atoms with E-state index in [1.807, 2.05) is 0 Å². The van der Waals surface area contributed by atoms with Crippen LogP contribution >= 0.6 is 0 Å². The molecule has 3 rings (SSSR count). The van der Waals surface area contributed by atoms with Crippen molar-refractivity contribution in [1.82, 2.24) is 14.7 Å². The maximum Gasteiger partial charge on any atom is 0.256 e. The maximum atomic E-state index is 12.2. The third-order valence-corrected chi connectivity index (χ3v) is 4.99. The molecule has 0 bridgehead atoms. The third kappa shape index (κ3) is 3.69. The molecule has 24 heavy (non-hydrogen) atoms. The maximum absolute atomic E-state index is 12.2. The molecule has 1 saturated carbocycles. The number of nitrogens with zero attached hydrogens (tertiary/aromatic N) is 2. The lowest BCUT2D eigenvalue weighted by atomic mass is 10.2. The molecule has 0 spiro atoms. The van der Waals surface area contributed by atoms with Gasteiger partial charge >= 0.3 is 0 Å². The molecule has 8 nitrogen and oxygen atoms in total. The second-order valence-corrected chi connectivity index (χ2v) is 7.03. The largest absolute Gasteiger partial charge is 0.491 e. The van der Waals surface area contributed by atoms with Crippen molar-refractivity contribution in [1.29, 1.82) is 0 Å². The molecule has 1 aliphatic carbocycles. The van der Waals surface area contributed by atoms with Gasteiger partial charge in [-0.05, 0) is 37.1 Å². The fourth-order valence-corrected chi connectivity index (χ4v) is 3.32. The van der Waals surface area contributed by atoms with Gasteiger partial charge in [-0.2, -0.15) is 0 Å². The predicted molar refractivity (Wildman–Crippen MR) is 86.3 cm³/mol.